The molecule has 1 saturated carbocycles. The van der Waals surface area contributed by atoms with Crippen LogP contribution < -0.4 is 11.1 Å². The molecule has 1 fully saturated rings. The second-order valence-corrected chi connectivity index (χ2v) is 5.89. The van der Waals surface area contributed by atoms with Crippen LogP contribution in [0.1, 0.15) is 36.0 Å². The minimum absolute atomic E-state index is 0.0354. The number of rotatable bonds is 4. The molecule has 3 N–H and O–H groups in total. The van der Waals surface area contributed by atoms with Crippen molar-refractivity contribution in [2.45, 2.75) is 31.7 Å². The summed E-state index contributed by atoms with van der Waals surface area (Å²) in [4.78, 5) is 25.5. The molecule has 2 amide bonds. The van der Waals surface area contributed by atoms with Gasteiger partial charge >= 0.3 is 0 Å². The number of nitrogens with two attached hydrogens (primary N) is 1. The number of carbonyl (C=O) groups is 2. The lowest BCUT2D eigenvalue weighted by atomic mass is 10.00. The first-order valence-electron chi connectivity index (χ1n) is 7.34. The third-order valence-electron chi connectivity index (χ3n) is 3.96. The molecule has 1 aromatic rings. The zero-order valence-corrected chi connectivity index (χ0v) is 12.6. The number of nitrogens with zero attached hydrogens (tertiary/aromatic N) is 1. The van der Waals surface area contributed by atoms with Gasteiger partial charge in [0.05, 0.1) is 0 Å². The lowest BCUT2D eigenvalue weighted by molar-refractivity contribution is -0.117. The van der Waals surface area contributed by atoms with E-state index in [-0.39, 0.29) is 23.8 Å². The highest BCUT2D eigenvalue weighted by Crippen LogP contribution is 2.27. The van der Waals surface area contributed by atoms with E-state index in [1.54, 1.807) is 38.4 Å². The van der Waals surface area contributed by atoms with Crippen LogP contribution in [0.25, 0.3) is 0 Å². The van der Waals surface area contributed by atoms with Crippen LogP contribution in [0.15, 0.2) is 24.3 Å². The number of amides is 2. The molecule has 1 aliphatic carbocycles. The highest BCUT2D eigenvalue weighted by Gasteiger charge is 2.26. The monoisotopic (exact) mass is 289 g/mol. The van der Waals surface area contributed by atoms with Crippen LogP contribution in [0.5, 0.6) is 0 Å². The van der Waals surface area contributed by atoms with Crippen LogP contribution in [-0.2, 0) is 4.79 Å². The lowest BCUT2D eigenvalue weighted by Crippen LogP contribution is -2.28. The van der Waals surface area contributed by atoms with E-state index in [0.717, 1.165) is 19.3 Å². The molecule has 5 heteroatoms. The molecule has 114 valence electrons. The Morgan fingerprint density at radius 3 is 2.71 bits per heavy atom. The van der Waals surface area contributed by atoms with Crippen molar-refractivity contribution in [3.63, 3.8) is 0 Å². The molecule has 0 aliphatic heterocycles. The first kappa shape index (κ1) is 15.5. The molecule has 1 aliphatic rings. The third-order valence-corrected chi connectivity index (χ3v) is 3.96. The van der Waals surface area contributed by atoms with E-state index >= 15 is 0 Å². The van der Waals surface area contributed by atoms with E-state index in [9.17, 15) is 9.59 Å². The van der Waals surface area contributed by atoms with Crippen molar-refractivity contribution in [3.05, 3.63) is 29.8 Å². The summed E-state index contributed by atoms with van der Waals surface area (Å²) >= 11 is 0. The second-order valence-electron chi connectivity index (χ2n) is 5.89. The SMILES string of the molecule is CN(C)C(=O)c1cccc(NC(=O)C[C@@H]2CCC[C@H]2N)c1. The highest BCUT2D eigenvalue weighted by atomic mass is 16.2. The van der Waals surface area contributed by atoms with Crippen LogP contribution in [-0.4, -0.2) is 36.9 Å². The first-order valence-corrected chi connectivity index (χ1v) is 7.34. The summed E-state index contributed by atoms with van der Waals surface area (Å²) in [5.41, 5.74) is 7.20. The van der Waals surface area contributed by atoms with Crippen molar-refractivity contribution in [2.24, 2.45) is 11.7 Å². The van der Waals surface area contributed by atoms with Gasteiger partial charge in [0.1, 0.15) is 0 Å². The minimum atomic E-state index is -0.0797. The van der Waals surface area contributed by atoms with E-state index in [0.29, 0.717) is 17.7 Å². The van der Waals surface area contributed by atoms with Crippen LogP contribution in [0, 0.1) is 5.92 Å². The Bertz CT molecular complexity index is 528. The predicted molar refractivity (Wildman–Crippen MR) is 83.0 cm³/mol. The van der Waals surface area contributed by atoms with Gasteiger partial charge in [0.2, 0.25) is 5.91 Å². The summed E-state index contributed by atoms with van der Waals surface area (Å²) in [5.74, 6) is 0.160. The van der Waals surface area contributed by atoms with Gasteiger partial charge in [-0.2, -0.15) is 0 Å². The number of benzene rings is 1. The van der Waals surface area contributed by atoms with Gasteiger partial charge in [-0.1, -0.05) is 12.5 Å². The van der Waals surface area contributed by atoms with Gasteiger partial charge in [-0.15, -0.1) is 0 Å². The topological polar surface area (TPSA) is 75.4 Å². The van der Waals surface area contributed by atoms with E-state index in [2.05, 4.69) is 5.32 Å². The molecule has 0 heterocycles. The largest absolute Gasteiger partial charge is 0.345 e. The molecule has 0 saturated heterocycles. The van der Waals surface area contributed by atoms with Crippen molar-refractivity contribution in [1.29, 1.82) is 0 Å². The Labute approximate surface area is 125 Å². The van der Waals surface area contributed by atoms with Gasteiger partial charge in [0.25, 0.3) is 5.91 Å². The summed E-state index contributed by atoms with van der Waals surface area (Å²) in [7, 11) is 3.41. The molecule has 21 heavy (non-hydrogen) atoms. The van der Waals surface area contributed by atoms with Crippen molar-refractivity contribution in [3.8, 4) is 0 Å². The van der Waals surface area contributed by atoms with Gasteiger partial charge in [-0.05, 0) is 37.0 Å². The fraction of sp³-hybridized carbons (Fsp3) is 0.500. The molecular weight excluding hydrogens is 266 g/mol. The molecule has 0 unspecified atom stereocenters. The van der Waals surface area contributed by atoms with Crippen LogP contribution in [0.4, 0.5) is 5.69 Å². The van der Waals surface area contributed by atoms with Gasteiger partial charge in [0.15, 0.2) is 0 Å². The molecule has 0 spiro atoms. The zero-order valence-electron chi connectivity index (χ0n) is 12.6. The van der Waals surface area contributed by atoms with E-state index in [1.165, 1.54) is 4.90 Å². The molecular formula is C16H23N3O2. The summed E-state index contributed by atoms with van der Waals surface area (Å²) in [6.07, 6.45) is 3.58. The number of nitrogens with one attached hydrogen (secondary N) is 1. The van der Waals surface area contributed by atoms with Crippen molar-refractivity contribution >= 4 is 17.5 Å². The number of carbonyl (C=O) groups excluding carboxylic acids is 2. The van der Waals surface area contributed by atoms with E-state index in [4.69, 9.17) is 5.73 Å². The zero-order chi connectivity index (χ0) is 15.4. The molecule has 2 rings (SSSR count). The number of hydrogen-bond donors (Lipinski definition) is 2. The van der Waals surface area contributed by atoms with Crippen molar-refractivity contribution in [2.75, 3.05) is 19.4 Å². The molecule has 0 aromatic heterocycles. The average molecular weight is 289 g/mol. The Morgan fingerprint density at radius 2 is 2.10 bits per heavy atom. The summed E-state index contributed by atoms with van der Waals surface area (Å²) in [5, 5.41) is 2.86. The summed E-state index contributed by atoms with van der Waals surface area (Å²) in [6, 6.07) is 7.14. The smallest absolute Gasteiger partial charge is 0.253 e. The molecule has 5 nitrogen and oxygen atoms in total. The highest BCUT2D eigenvalue weighted by molar-refractivity contribution is 5.97. The predicted octanol–water partition coefficient (Wildman–Crippen LogP) is 1.84. The van der Waals surface area contributed by atoms with Crippen LogP contribution in [0.3, 0.4) is 0 Å². The van der Waals surface area contributed by atoms with E-state index in [1.807, 2.05) is 0 Å². The first-order chi connectivity index (χ1) is 9.97. The fourth-order valence-corrected chi connectivity index (χ4v) is 2.76. The van der Waals surface area contributed by atoms with Gasteiger partial charge in [0, 0.05) is 37.8 Å². The molecule has 1 aromatic carbocycles. The second kappa shape index (κ2) is 6.72. The van der Waals surface area contributed by atoms with Crippen LogP contribution >= 0.6 is 0 Å². The van der Waals surface area contributed by atoms with Gasteiger partial charge in [-0.25, -0.2) is 0 Å². The van der Waals surface area contributed by atoms with Gasteiger partial charge < -0.3 is 16.0 Å². The summed E-state index contributed by atoms with van der Waals surface area (Å²) in [6.45, 7) is 0. The minimum Gasteiger partial charge on any atom is -0.345 e. The molecule has 0 bridgehead atoms. The maximum atomic E-state index is 12.1. The average Bonchev–Trinajstić information content (AvgIpc) is 2.83. The Balaban J connectivity index is 1.97. The lowest BCUT2D eigenvalue weighted by Gasteiger charge is -2.15. The third kappa shape index (κ3) is 4.04. The Kier molecular flexibility index (Phi) is 4.96. The quantitative estimate of drug-likeness (QED) is 0.888. The standard InChI is InChI=1S/C16H23N3O2/c1-19(2)16(21)12-6-3-7-13(9-12)18-15(20)10-11-5-4-8-14(11)17/h3,6-7,9,11,14H,4-5,8,10,17H2,1-2H3,(H,18,20)/t11-,14+/m0/s1. The Hall–Kier alpha value is -1.88. The van der Waals surface area contributed by atoms with Crippen molar-refractivity contribution in [1.82, 2.24) is 4.90 Å². The maximum Gasteiger partial charge on any atom is 0.253 e. The van der Waals surface area contributed by atoms with Gasteiger partial charge in [-0.3, -0.25) is 9.59 Å². The van der Waals surface area contributed by atoms with E-state index < -0.39 is 0 Å². The molecule has 2 atom stereocenters. The maximum absolute atomic E-state index is 12.1. The fourth-order valence-electron chi connectivity index (χ4n) is 2.76. The summed E-state index contributed by atoms with van der Waals surface area (Å²) < 4.78 is 0. The Morgan fingerprint density at radius 1 is 1.33 bits per heavy atom. The number of hydrogen-bond acceptors (Lipinski definition) is 3. The van der Waals surface area contributed by atoms with Crippen molar-refractivity contribution < 1.29 is 9.59 Å². The normalized spacial score (nSPS) is 21.1. The number of anilines is 1. The van der Waals surface area contributed by atoms with Crippen LogP contribution in [0.2, 0.25) is 0 Å². The molecule has 0 radical (unpaired) electrons.